The molecule has 112 valence electrons. The fraction of sp³-hybridized carbons (Fsp3) is 0.176. The molecule has 5 heteroatoms. The molecule has 1 heterocycles. The summed E-state index contributed by atoms with van der Waals surface area (Å²) in [5.41, 5.74) is 4.08. The summed E-state index contributed by atoms with van der Waals surface area (Å²) >= 11 is 3.33. The van der Waals surface area contributed by atoms with Crippen LogP contribution in [0.25, 0.3) is 0 Å². The highest BCUT2D eigenvalue weighted by Crippen LogP contribution is 2.26. The van der Waals surface area contributed by atoms with Gasteiger partial charge in [0.25, 0.3) is 11.8 Å². The fourth-order valence-electron chi connectivity index (χ4n) is 2.58. The van der Waals surface area contributed by atoms with Gasteiger partial charge in [0, 0.05) is 10.2 Å². The Morgan fingerprint density at radius 1 is 1.00 bits per heavy atom. The molecule has 0 fully saturated rings. The van der Waals surface area contributed by atoms with Crippen LogP contribution in [-0.2, 0) is 0 Å². The lowest BCUT2D eigenvalue weighted by Crippen LogP contribution is -2.34. The van der Waals surface area contributed by atoms with Crippen molar-refractivity contribution in [2.45, 2.75) is 13.8 Å². The van der Waals surface area contributed by atoms with Crippen LogP contribution in [0.3, 0.4) is 0 Å². The van der Waals surface area contributed by atoms with Gasteiger partial charge in [-0.1, -0.05) is 33.6 Å². The van der Waals surface area contributed by atoms with Crippen molar-refractivity contribution >= 4 is 33.4 Å². The molecule has 0 unspecified atom stereocenters. The molecule has 0 spiro atoms. The zero-order valence-electron chi connectivity index (χ0n) is 12.3. The van der Waals surface area contributed by atoms with E-state index in [4.69, 9.17) is 0 Å². The van der Waals surface area contributed by atoms with Crippen LogP contribution in [-0.4, -0.2) is 23.4 Å². The minimum Gasteiger partial charge on any atom is -0.367 e. The van der Waals surface area contributed by atoms with Crippen LogP contribution in [0.4, 0.5) is 5.69 Å². The van der Waals surface area contributed by atoms with Gasteiger partial charge in [-0.05, 0) is 43.7 Å². The lowest BCUT2D eigenvalue weighted by Gasteiger charge is -2.17. The summed E-state index contributed by atoms with van der Waals surface area (Å²) in [4.78, 5) is 25.9. The average Bonchev–Trinajstić information content (AvgIpc) is 2.70. The number of rotatable bonds is 3. The first-order valence-corrected chi connectivity index (χ1v) is 7.73. The van der Waals surface area contributed by atoms with E-state index in [1.165, 1.54) is 10.5 Å². The minimum absolute atomic E-state index is 0.161. The summed E-state index contributed by atoms with van der Waals surface area (Å²) in [7, 11) is 0. The van der Waals surface area contributed by atoms with E-state index in [0.717, 1.165) is 15.7 Å². The maximum Gasteiger partial charge on any atom is 0.263 e. The van der Waals surface area contributed by atoms with Gasteiger partial charge in [0.2, 0.25) is 0 Å². The van der Waals surface area contributed by atoms with E-state index >= 15 is 0 Å². The highest BCUT2D eigenvalue weighted by molar-refractivity contribution is 9.10. The molecule has 2 aromatic carbocycles. The molecule has 2 aromatic rings. The van der Waals surface area contributed by atoms with Crippen molar-refractivity contribution in [3.8, 4) is 0 Å². The van der Waals surface area contributed by atoms with Gasteiger partial charge in [-0.3, -0.25) is 14.5 Å². The summed E-state index contributed by atoms with van der Waals surface area (Å²) < 4.78 is 0.789. The number of imide groups is 1. The van der Waals surface area contributed by atoms with Crippen LogP contribution in [0, 0.1) is 13.8 Å². The van der Waals surface area contributed by atoms with Crippen molar-refractivity contribution in [2.75, 3.05) is 12.0 Å². The van der Waals surface area contributed by atoms with E-state index in [1.807, 2.05) is 26.0 Å². The van der Waals surface area contributed by atoms with Gasteiger partial charge in [0.1, 0.15) is 0 Å². The SMILES string of the molecule is Cc1ccc(NCN2C(=O)c3ccc(Br)cc3C2=O)c(C)c1. The number of hydrogen-bond donors (Lipinski definition) is 1. The number of carbonyl (C=O) groups is 2. The molecular formula is C17H15BrN2O2. The first-order chi connectivity index (χ1) is 10.5. The van der Waals surface area contributed by atoms with Crippen LogP contribution >= 0.6 is 15.9 Å². The topological polar surface area (TPSA) is 49.4 Å². The van der Waals surface area contributed by atoms with Crippen molar-refractivity contribution in [1.82, 2.24) is 4.90 Å². The molecule has 1 aliphatic heterocycles. The highest BCUT2D eigenvalue weighted by Gasteiger charge is 2.35. The van der Waals surface area contributed by atoms with Gasteiger partial charge in [-0.25, -0.2) is 0 Å². The summed E-state index contributed by atoms with van der Waals surface area (Å²) in [6.07, 6.45) is 0. The molecule has 22 heavy (non-hydrogen) atoms. The molecule has 0 radical (unpaired) electrons. The molecule has 0 atom stereocenters. The Morgan fingerprint density at radius 3 is 2.45 bits per heavy atom. The number of nitrogens with zero attached hydrogens (tertiary/aromatic N) is 1. The smallest absolute Gasteiger partial charge is 0.263 e. The second-order valence-corrected chi connectivity index (χ2v) is 6.30. The van der Waals surface area contributed by atoms with Gasteiger partial charge in [-0.15, -0.1) is 0 Å². The summed E-state index contributed by atoms with van der Waals surface area (Å²) in [5.74, 6) is -0.525. The van der Waals surface area contributed by atoms with E-state index in [0.29, 0.717) is 11.1 Å². The molecule has 3 rings (SSSR count). The van der Waals surface area contributed by atoms with Crippen molar-refractivity contribution in [3.05, 3.63) is 63.1 Å². The van der Waals surface area contributed by atoms with Gasteiger partial charge in [0.15, 0.2) is 0 Å². The molecule has 1 N–H and O–H groups in total. The second-order valence-electron chi connectivity index (χ2n) is 5.38. The number of amides is 2. The number of aryl methyl sites for hydroxylation is 2. The molecule has 0 aromatic heterocycles. The third kappa shape index (κ3) is 2.52. The maximum atomic E-state index is 12.4. The summed E-state index contributed by atoms with van der Waals surface area (Å²) in [6.45, 7) is 4.18. The number of hydrogen-bond acceptors (Lipinski definition) is 3. The number of benzene rings is 2. The van der Waals surface area contributed by atoms with Crippen molar-refractivity contribution < 1.29 is 9.59 Å². The number of fused-ring (bicyclic) bond motifs is 1. The Hall–Kier alpha value is -2.14. The molecule has 0 saturated carbocycles. The fourth-order valence-corrected chi connectivity index (χ4v) is 2.94. The van der Waals surface area contributed by atoms with Gasteiger partial charge >= 0.3 is 0 Å². The Bertz CT molecular complexity index is 786. The predicted octanol–water partition coefficient (Wildman–Crippen LogP) is 3.73. The van der Waals surface area contributed by atoms with Gasteiger partial charge in [0.05, 0.1) is 17.8 Å². The molecule has 1 aliphatic rings. The van der Waals surface area contributed by atoms with E-state index in [2.05, 4.69) is 27.3 Å². The number of carbonyl (C=O) groups excluding carboxylic acids is 2. The van der Waals surface area contributed by atoms with E-state index in [1.54, 1.807) is 18.2 Å². The highest BCUT2D eigenvalue weighted by atomic mass is 79.9. The van der Waals surface area contributed by atoms with Gasteiger partial charge < -0.3 is 5.32 Å². The Balaban J connectivity index is 1.80. The first kappa shape index (κ1) is 14.8. The lowest BCUT2D eigenvalue weighted by atomic mass is 10.1. The average molecular weight is 359 g/mol. The molecule has 0 aliphatic carbocycles. The molecule has 0 bridgehead atoms. The monoisotopic (exact) mass is 358 g/mol. The van der Waals surface area contributed by atoms with E-state index in [9.17, 15) is 9.59 Å². The summed E-state index contributed by atoms with van der Waals surface area (Å²) in [5, 5.41) is 3.16. The first-order valence-electron chi connectivity index (χ1n) is 6.94. The van der Waals surface area contributed by atoms with E-state index < -0.39 is 0 Å². The molecule has 0 saturated heterocycles. The van der Waals surface area contributed by atoms with Crippen LogP contribution in [0.5, 0.6) is 0 Å². The standard InChI is InChI=1S/C17H15BrN2O2/c1-10-3-6-15(11(2)7-10)19-9-20-16(21)13-5-4-12(18)8-14(13)17(20)22/h3-8,19H,9H2,1-2H3. The molecule has 4 nitrogen and oxygen atoms in total. The lowest BCUT2D eigenvalue weighted by molar-refractivity contribution is 0.0665. The number of nitrogens with one attached hydrogen (secondary N) is 1. The summed E-state index contributed by atoms with van der Waals surface area (Å²) in [6, 6.07) is 11.1. The van der Waals surface area contributed by atoms with E-state index in [-0.39, 0.29) is 18.5 Å². The third-order valence-electron chi connectivity index (χ3n) is 3.74. The van der Waals surface area contributed by atoms with Crippen LogP contribution in [0.2, 0.25) is 0 Å². The van der Waals surface area contributed by atoms with Crippen LogP contribution in [0.15, 0.2) is 40.9 Å². The zero-order valence-corrected chi connectivity index (χ0v) is 13.9. The largest absolute Gasteiger partial charge is 0.367 e. The Labute approximate surface area is 137 Å². The molecular weight excluding hydrogens is 344 g/mol. The number of halogens is 1. The van der Waals surface area contributed by atoms with Gasteiger partial charge in [-0.2, -0.15) is 0 Å². The normalized spacial score (nSPS) is 13.5. The number of anilines is 1. The maximum absolute atomic E-state index is 12.4. The van der Waals surface area contributed by atoms with Crippen molar-refractivity contribution in [1.29, 1.82) is 0 Å². The minimum atomic E-state index is -0.265. The quantitative estimate of drug-likeness (QED) is 0.850. The zero-order chi connectivity index (χ0) is 15.9. The van der Waals surface area contributed by atoms with Crippen molar-refractivity contribution in [3.63, 3.8) is 0 Å². The Kier molecular flexibility index (Phi) is 3.74. The molecule has 2 amide bonds. The van der Waals surface area contributed by atoms with Crippen LogP contribution in [0.1, 0.15) is 31.8 Å². The van der Waals surface area contributed by atoms with Crippen molar-refractivity contribution in [2.24, 2.45) is 0 Å². The third-order valence-corrected chi connectivity index (χ3v) is 4.24. The Morgan fingerprint density at radius 2 is 1.73 bits per heavy atom. The van der Waals surface area contributed by atoms with Crippen LogP contribution < -0.4 is 5.32 Å². The predicted molar refractivity (Wildman–Crippen MR) is 89.0 cm³/mol. The second kappa shape index (κ2) is 5.57.